The molecule has 0 aromatic carbocycles. The van der Waals surface area contributed by atoms with Crippen LogP contribution in [0.15, 0.2) is 23.9 Å². The molecule has 0 spiro atoms. The first-order chi connectivity index (χ1) is 6.97. The third-order valence-corrected chi connectivity index (χ3v) is 4.11. The predicted octanol–water partition coefficient (Wildman–Crippen LogP) is 1.07. The molecule has 0 bridgehead atoms. The van der Waals surface area contributed by atoms with Crippen molar-refractivity contribution in [1.29, 1.82) is 0 Å². The number of hydrogen-bond donors (Lipinski definition) is 0. The molecule has 1 aliphatic rings. The Bertz CT molecular complexity index is 406. The summed E-state index contributed by atoms with van der Waals surface area (Å²) in [5, 5.41) is 0. The topological polar surface area (TPSA) is 54.5 Å². The molecular weight excluding hydrogens is 214 g/mol. The summed E-state index contributed by atoms with van der Waals surface area (Å²) >= 11 is 0. The van der Waals surface area contributed by atoms with Crippen molar-refractivity contribution in [3.05, 3.63) is 23.9 Å². The van der Waals surface area contributed by atoms with Gasteiger partial charge in [0.25, 0.3) is 0 Å². The normalized spacial score (nSPS) is 21.6. The molecule has 5 heteroatoms. The molecule has 0 atom stereocenters. The Morgan fingerprint density at radius 1 is 1.53 bits per heavy atom. The Balaban J connectivity index is 3.02. The second-order valence-corrected chi connectivity index (χ2v) is 5.53. The van der Waals surface area contributed by atoms with Crippen LogP contribution in [0.4, 0.5) is 0 Å². The molecule has 0 aliphatic carbocycles. The average Bonchev–Trinajstić information content (AvgIpc) is 2.28. The summed E-state index contributed by atoms with van der Waals surface area (Å²) in [6.45, 7) is 1.85. The van der Waals surface area contributed by atoms with Gasteiger partial charge in [-0.3, -0.25) is 9.10 Å². The van der Waals surface area contributed by atoms with Crippen LogP contribution in [0.1, 0.15) is 19.8 Å². The highest BCUT2D eigenvalue weighted by atomic mass is 32.2. The number of hydrogen-bond acceptors (Lipinski definition) is 3. The van der Waals surface area contributed by atoms with E-state index in [0.29, 0.717) is 12.1 Å². The van der Waals surface area contributed by atoms with Crippen molar-refractivity contribution in [3.63, 3.8) is 0 Å². The van der Waals surface area contributed by atoms with E-state index in [1.165, 1.54) is 17.4 Å². The van der Waals surface area contributed by atoms with Gasteiger partial charge in [0.2, 0.25) is 10.0 Å². The van der Waals surface area contributed by atoms with Crippen LogP contribution in [0.3, 0.4) is 0 Å². The fourth-order valence-electron chi connectivity index (χ4n) is 1.32. The van der Waals surface area contributed by atoms with Gasteiger partial charge in [-0.05, 0) is 6.92 Å². The van der Waals surface area contributed by atoms with Gasteiger partial charge in [-0.25, -0.2) is 8.42 Å². The first-order valence-corrected chi connectivity index (χ1v) is 6.39. The zero-order valence-electron chi connectivity index (χ0n) is 8.93. The van der Waals surface area contributed by atoms with Crippen LogP contribution < -0.4 is 0 Å². The van der Waals surface area contributed by atoms with Crippen LogP contribution >= 0.6 is 0 Å². The van der Waals surface area contributed by atoms with Crippen molar-refractivity contribution in [3.8, 4) is 0 Å². The second kappa shape index (κ2) is 4.61. The van der Waals surface area contributed by atoms with Gasteiger partial charge in [-0.1, -0.05) is 12.2 Å². The Hall–Kier alpha value is -1.10. The summed E-state index contributed by atoms with van der Waals surface area (Å²) in [4.78, 5) is 11.3. The number of ketones is 1. The molecule has 15 heavy (non-hydrogen) atoms. The van der Waals surface area contributed by atoms with Gasteiger partial charge in [0.1, 0.15) is 0 Å². The summed E-state index contributed by atoms with van der Waals surface area (Å²) in [5.74, 6) is -0.222. The van der Waals surface area contributed by atoms with E-state index in [2.05, 4.69) is 0 Å². The molecule has 4 nitrogen and oxygen atoms in total. The third kappa shape index (κ3) is 2.92. The van der Waals surface area contributed by atoms with Crippen LogP contribution in [-0.2, 0) is 14.8 Å². The fourth-order valence-corrected chi connectivity index (χ4v) is 2.54. The maximum absolute atomic E-state index is 11.6. The van der Waals surface area contributed by atoms with E-state index in [9.17, 15) is 13.2 Å². The summed E-state index contributed by atoms with van der Waals surface area (Å²) < 4.78 is 24.5. The van der Waals surface area contributed by atoms with Gasteiger partial charge >= 0.3 is 0 Å². The van der Waals surface area contributed by atoms with Crippen molar-refractivity contribution in [2.75, 3.05) is 12.8 Å². The summed E-state index contributed by atoms with van der Waals surface area (Å²) in [6, 6.07) is 0. The maximum atomic E-state index is 11.6. The largest absolute Gasteiger partial charge is 0.295 e. The lowest BCUT2D eigenvalue weighted by Crippen LogP contribution is -2.27. The minimum atomic E-state index is -3.30. The van der Waals surface area contributed by atoms with E-state index in [-0.39, 0.29) is 18.0 Å². The monoisotopic (exact) mass is 229 g/mol. The number of carbonyl (C=O) groups is 1. The van der Waals surface area contributed by atoms with Crippen LogP contribution in [0.2, 0.25) is 0 Å². The molecule has 0 radical (unpaired) electrons. The van der Waals surface area contributed by atoms with Crippen molar-refractivity contribution in [2.45, 2.75) is 19.8 Å². The van der Waals surface area contributed by atoms with E-state index >= 15 is 0 Å². The molecule has 0 unspecified atom stereocenters. The second-order valence-electron chi connectivity index (χ2n) is 3.41. The molecule has 0 aromatic rings. The van der Waals surface area contributed by atoms with Crippen molar-refractivity contribution >= 4 is 15.8 Å². The van der Waals surface area contributed by atoms with Crippen molar-refractivity contribution in [2.24, 2.45) is 0 Å². The van der Waals surface area contributed by atoms with Crippen LogP contribution in [0, 0.1) is 0 Å². The van der Waals surface area contributed by atoms with Gasteiger partial charge in [0.05, 0.1) is 5.75 Å². The smallest absolute Gasteiger partial charge is 0.235 e. The lowest BCUT2D eigenvalue weighted by atomic mass is 10.2. The predicted molar refractivity (Wildman–Crippen MR) is 58.7 cm³/mol. The molecule has 1 heterocycles. The molecule has 0 saturated carbocycles. The number of carbonyl (C=O) groups excluding carboxylic acids is 1. The molecule has 1 rings (SSSR count). The molecule has 1 aliphatic heterocycles. The van der Waals surface area contributed by atoms with Gasteiger partial charge < -0.3 is 0 Å². The van der Waals surface area contributed by atoms with Crippen LogP contribution in [-0.4, -0.2) is 31.3 Å². The van der Waals surface area contributed by atoms with Crippen LogP contribution in [0.5, 0.6) is 0 Å². The minimum Gasteiger partial charge on any atom is -0.295 e. The van der Waals surface area contributed by atoms with E-state index in [1.54, 1.807) is 0 Å². The summed E-state index contributed by atoms with van der Waals surface area (Å²) in [6.07, 6.45) is 5.63. The average molecular weight is 229 g/mol. The quantitative estimate of drug-likeness (QED) is 0.666. The number of allylic oxidation sites excluding steroid dienone is 3. The molecule has 0 saturated heterocycles. The van der Waals surface area contributed by atoms with E-state index in [0.717, 1.165) is 0 Å². The highest BCUT2D eigenvalue weighted by Gasteiger charge is 2.24. The Morgan fingerprint density at radius 2 is 2.20 bits per heavy atom. The van der Waals surface area contributed by atoms with Crippen LogP contribution in [0.25, 0.3) is 0 Å². The number of nitrogens with zero attached hydrogens (tertiary/aromatic N) is 1. The first kappa shape index (κ1) is 12.0. The number of sulfonamides is 1. The Kier molecular flexibility index (Phi) is 3.68. The first-order valence-electron chi connectivity index (χ1n) is 4.78. The maximum Gasteiger partial charge on any atom is 0.235 e. The van der Waals surface area contributed by atoms with Gasteiger partial charge in [-0.15, -0.1) is 0 Å². The van der Waals surface area contributed by atoms with Crippen molar-refractivity contribution < 1.29 is 13.2 Å². The van der Waals surface area contributed by atoms with Crippen molar-refractivity contribution in [1.82, 2.24) is 4.31 Å². The lowest BCUT2D eigenvalue weighted by molar-refractivity contribution is -0.114. The van der Waals surface area contributed by atoms with Gasteiger partial charge in [0.15, 0.2) is 5.78 Å². The highest BCUT2D eigenvalue weighted by molar-refractivity contribution is 7.89. The molecule has 84 valence electrons. The summed E-state index contributed by atoms with van der Waals surface area (Å²) in [7, 11) is -1.81. The number of rotatable bonds is 2. The molecule has 0 aromatic heterocycles. The zero-order chi connectivity index (χ0) is 11.5. The highest BCUT2D eigenvalue weighted by Crippen LogP contribution is 2.18. The lowest BCUT2D eigenvalue weighted by Gasteiger charge is -2.19. The van der Waals surface area contributed by atoms with E-state index < -0.39 is 10.0 Å². The summed E-state index contributed by atoms with van der Waals surface area (Å²) in [5.41, 5.74) is 0.538. The molecular formula is C10H15NO3S. The van der Waals surface area contributed by atoms with Gasteiger partial charge in [0, 0.05) is 31.7 Å². The molecule has 0 fully saturated rings. The SMILES string of the molecule is CC=CCC1=CC(=O)CCS(=O)(=O)N1C. The minimum absolute atomic E-state index is 0.0754. The zero-order valence-corrected chi connectivity index (χ0v) is 9.75. The molecule has 0 amide bonds. The standard InChI is InChI=1S/C10H15NO3S/c1-3-4-5-9-8-10(12)6-7-15(13,14)11(9)2/h3-4,8H,5-7H2,1-2H3. The van der Waals surface area contributed by atoms with E-state index in [4.69, 9.17) is 0 Å². The Morgan fingerprint density at radius 3 is 2.80 bits per heavy atom. The van der Waals surface area contributed by atoms with Gasteiger partial charge in [-0.2, -0.15) is 0 Å². The third-order valence-electron chi connectivity index (χ3n) is 2.32. The Labute approximate surface area is 90.3 Å². The molecule has 0 N–H and O–H groups in total. The fraction of sp³-hybridized carbons (Fsp3) is 0.500. The van der Waals surface area contributed by atoms with E-state index in [1.807, 2.05) is 19.1 Å².